The summed E-state index contributed by atoms with van der Waals surface area (Å²) in [5.41, 5.74) is 0.940. The van der Waals surface area contributed by atoms with Crippen molar-refractivity contribution in [2.24, 2.45) is 0 Å². The first kappa shape index (κ1) is 6.83. The normalized spacial score (nSPS) is 24.6. The second kappa shape index (κ2) is 2.64. The zero-order valence-corrected chi connectivity index (χ0v) is 6.10. The van der Waals surface area contributed by atoms with Gasteiger partial charge in [-0.3, -0.25) is 0 Å². The van der Waals surface area contributed by atoms with E-state index < -0.39 is 6.10 Å². The van der Waals surface area contributed by atoms with Gasteiger partial charge in [0, 0.05) is 0 Å². The Morgan fingerprint density at radius 3 is 2.55 bits per heavy atom. The molecule has 2 rings (SSSR count). The van der Waals surface area contributed by atoms with Gasteiger partial charge in [-0.15, -0.1) is 0 Å². The summed E-state index contributed by atoms with van der Waals surface area (Å²) in [5.74, 6) is 0. The van der Waals surface area contributed by atoms with Gasteiger partial charge in [-0.1, -0.05) is 30.3 Å². The predicted molar refractivity (Wildman–Crippen MR) is 41.1 cm³/mol. The molecule has 11 heavy (non-hydrogen) atoms. The summed E-state index contributed by atoms with van der Waals surface area (Å²) in [7, 11) is 0. The minimum atomic E-state index is -0.434. The maximum Gasteiger partial charge on any atom is 0.111 e. The summed E-state index contributed by atoms with van der Waals surface area (Å²) in [6.45, 7) is 0.691. The fourth-order valence-electron chi connectivity index (χ4n) is 1.10. The summed E-state index contributed by atoms with van der Waals surface area (Å²) in [6.07, 6.45) is -0.395. The monoisotopic (exact) mass is 150 g/mol. The maximum atomic E-state index is 9.54. The summed E-state index contributed by atoms with van der Waals surface area (Å²) < 4.78 is 4.97. The first-order valence-corrected chi connectivity index (χ1v) is 3.72. The van der Waals surface area contributed by atoms with Crippen LogP contribution in [0.5, 0.6) is 0 Å². The van der Waals surface area contributed by atoms with Crippen LogP contribution in [0.25, 0.3) is 0 Å². The zero-order chi connectivity index (χ0) is 7.68. The summed E-state index contributed by atoms with van der Waals surface area (Å²) in [6, 6.07) is 9.59. The number of rotatable bonds is 2. The molecule has 0 saturated carbocycles. The van der Waals surface area contributed by atoms with E-state index in [1.165, 1.54) is 0 Å². The van der Waals surface area contributed by atoms with Gasteiger partial charge in [-0.2, -0.15) is 0 Å². The minimum Gasteiger partial charge on any atom is -0.386 e. The molecule has 0 bridgehead atoms. The van der Waals surface area contributed by atoms with Gasteiger partial charge in [-0.25, -0.2) is 0 Å². The largest absolute Gasteiger partial charge is 0.386 e. The Morgan fingerprint density at radius 1 is 1.36 bits per heavy atom. The lowest BCUT2D eigenvalue weighted by atomic mass is 10.1. The van der Waals surface area contributed by atoms with Gasteiger partial charge in [-0.05, 0) is 5.56 Å². The molecular formula is C9H10O2. The van der Waals surface area contributed by atoms with Gasteiger partial charge in [0.05, 0.1) is 6.61 Å². The second-order valence-electron chi connectivity index (χ2n) is 2.73. The van der Waals surface area contributed by atoms with Crippen molar-refractivity contribution in [2.45, 2.75) is 12.2 Å². The van der Waals surface area contributed by atoms with Crippen molar-refractivity contribution >= 4 is 0 Å². The molecule has 0 spiro atoms. The molecule has 2 atom stereocenters. The molecule has 0 radical (unpaired) electrons. The first-order valence-electron chi connectivity index (χ1n) is 3.72. The van der Waals surface area contributed by atoms with Crippen LogP contribution >= 0.6 is 0 Å². The molecule has 1 fully saturated rings. The highest BCUT2D eigenvalue weighted by Gasteiger charge is 2.31. The highest BCUT2D eigenvalue weighted by atomic mass is 16.6. The van der Waals surface area contributed by atoms with E-state index in [1.807, 2.05) is 30.3 Å². The van der Waals surface area contributed by atoms with E-state index in [0.29, 0.717) is 6.61 Å². The van der Waals surface area contributed by atoms with Crippen LogP contribution < -0.4 is 0 Å². The topological polar surface area (TPSA) is 32.8 Å². The van der Waals surface area contributed by atoms with E-state index >= 15 is 0 Å². The second-order valence-corrected chi connectivity index (χ2v) is 2.73. The lowest BCUT2D eigenvalue weighted by Gasteiger charge is -2.05. The van der Waals surface area contributed by atoms with Crippen molar-refractivity contribution < 1.29 is 9.84 Å². The summed E-state index contributed by atoms with van der Waals surface area (Å²) in [4.78, 5) is 0. The molecule has 1 aromatic carbocycles. The van der Waals surface area contributed by atoms with Crippen LogP contribution in [0, 0.1) is 0 Å². The number of aliphatic hydroxyl groups excluding tert-OH is 1. The van der Waals surface area contributed by atoms with Gasteiger partial charge in [0.15, 0.2) is 0 Å². The van der Waals surface area contributed by atoms with Crippen LogP contribution in [-0.4, -0.2) is 17.8 Å². The molecule has 0 unspecified atom stereocenters. The number of ether oxygens (including phenoxy) is 1. The van der Waals surface area contributed by atoms with Crippen molar-refractivity contribution in [3.63, 3.8) is 0 Å². The average Bonchev–Trinajstić information content (AvgIpc) is 2.87. The lowest BCUT2D eigenvalue weighted by molar-refractivity contribution is 0.137. The van der Waals surface area contributed by atoms with E-state index in [4.69, 9.17) is 4.74 Å². The van der Waals surface area contributed by atoms with Gasteiger partial charge < -0.3 is 9.84 Å². The van der Waals surface area contributed by atoms with Crippen LogP contribution in [0.2, 0.25) is 0 Å². The molecule has 58 valence electrons. The third kappa shape index (κ3) is 1.42. The molecule has 1 heterocycles. The van der Waals surface area contributed by atoms with Crippen molar-refractivity contribution in [1.29, 1.82) is 0 Å². The molecule has 1 saturated heterocycles. The Labute approximate surface area is 65.4 Å². The highest BCUT2D eigenvalue weighted by Crippen LogP contribution is 2.26. The van der Waals surface area contributed by atoms with Crippen LogP contribution in [0.3, 0.4) is 0 Å². The number of epoxide rings is 1. The van der Waals surface area contributed by atoms with Gasteiger partial charge in [0.1, 0.15) is 12.2 Å². The number of hydrogen-bond acceptors (Lipinski definition) is 2. The molecule has 1 aliphatic rings. The van der Waals surface area contributed by atoms with Gasteiger partial charge in [0.2, 0.25) is 0 Å². The van der Waals surface area contributed by atoms with Crippen LogP contribution in [0.1, 0.15) is 11.7 Å². The number of benzene rings is 1. The van der Waals surface area contributed by atoms with Crippen LogP contribution in [-0.2, 0) is 4.74 Å². The zero-order valence-electron chi connectivity index (χ0n) is 6.10. The SMILES string of the molecule is O[C@H](c1ccccc1)[C@H]1CO1. The minimum absolute atomic E-state index is 0.0393. The van der Waals surface area contributed by atoms with Crippen molar-refractivity contribution in [3.05, 3.63) is 35.9 Å². The predicted octanol–water partition coefficient (Wildman–Crippen LogP) is 1.12. The first-order chi connectivity index (χ1) is 5.38. The number of hydrogen-bond donors (Lipinski definition) is 1. The molecule has 0 amide bonds. The Balaban J connectivity index is 2.15. The molecule has 2 nitrogen and oxygen atoms in total. The van der Waals surface area contributed by atoms with E-state index in [1.54, 1.807) is 0 Å². The maximum absolute atomic E-state index is 9.54. The molecule has 0 aromatic heterocycles. The van der Waals surface area contributed by atoms with E-state index in [0.717, 1.165) is 5.56 Å². The van der Waals surface area contributed by atoms with Crippen molar-refractivity contribution in [3.8, 4) is 0 Å². The standard InChI is InChI=1S/C9H10O2/c10-9(8-6-11-8)7-4-2-1-3-5-7/h1-5,8-10H,6H2/t8-,9-/m1/s1. The van der Waals surface area contributed by atoms with E-state index in [-0.39, 0.29) is 6.10 Å². The van der Waals surface area contributed by atoms with Gasteiger partial charge >= 0.3 is 0 Å². The average molecular weight is 150 g/mol. The Hall–Kier alpha value is -0.860. The third-order valence-electron chi connectivity index (χ3n) is 1.85. The van der Waals surface area contributed by atoms with E-state index in [9.17, 15) is 5.11 Å². The Morgan fingerprint density at radius 2 is 2.00 bits per heavy atom. The molecular weight excluding hydrogens is 140 g/mol. The van der Waals surface area contributed by atoms with Crippen LogP contribution in [0.4, 0.5) is 0 Å². The molecule has 1 aliphatic heterocycles. The quantitative estimate of drug-likeness (QED) is 0.641. The molecule has 0 aliphatic carbocycles. The fourth-order valence-corrected chi connectivity index (χ4v) is 1.10. The third-order valence-corrected chi connectivity index (χ3v) is 1.85. The highest BCUT2D eigenvalue weighted by molar-refractivity contribution is 5.19. The molecule has 2 heteroatoms. The van der Waals surface area contributed by atoms with Crippen molar-refractivity contribution in [1.82, 2.24) is 0 Å². The summed E-state index contributed by atoms with van der Waals surface area (Å²) in [5, 5.41) is 9.54. The smallest absolute Gasteiger partial charge is 0.111 e. The Kier molecular flexibility index (Phi) is 1.64. The van der Waals surface area contributed by atoms with Gasteiger partial charge in [0.25, 0.3) is 0 Å². The molecule has 1 aromatic rings. The van der Waals surface area contributed by atoms with E-state index in [2.05, 4.69) is 0 Å². The number of aliphatic hydroxyl groups is 1. The van der Waals surface area contributed by atoms with Crippen LogP contribution in [0.15, 0.2) is 30.3 Å². The fraction of sp³-hybridized carbons (Fsp3) is 0.333. The lowest BCUT2D eigenvalue weighted by Crippen LogP contribution is -2.03. The Bertz CT molecular complexity index is 229. The summed E-state index contributed by atoms with van der Waals surface area (Å²) >= 11 is 0. The molecule has 1 N–H and O–H groups in total. The van der Waals surface area contributed by atoms with Crippen molar-refractivity contribution in [2.75, 3.05) is 6.61 Å².